The summed E-state index contributed by atoms with van der Waals surface area (Å²) >= 11 is 0. The summed E-state index contributed by atoms with van der Waals surface area (Å²) < 4.78 is 17.3. The van der Waals surface area contributed by atoms with Gasteiger partial charge in [0.2, 0.25) is 34.5 Å². The number of aldehydes is 1. The van der Waals surface area contributed by atoms with Gasteiger partial charge in [0, 0.05) is 27.8 Å². The molecular formula is C68H56O44. The van der Waals surface area contributed by atoms with Gasteiger partial charge < -0.3 is 177 Å². The highest BCUT2D eigenvalue weighted by molar-refractivity contribution is 6.53. The lowest BCUT2D eigenvalue weighted by Gasteiger charge is -2.56. The first-order valence-corrected chi connectivity index (χ1v) is 30.1. The molecule has 44 heteroatoms. The molecule has 8 aromatic carbocycles. The fourth-order valence-electron chi connectivity index (χ4n) is 10.7. The Morgan fingerprint density at radius 3 is 0.786 bits per heavy atom. The lowest BCUT2D eigenvalue weighted by atomic mass is 9.53. The lowest BCUT2D eigenvalue weighted by Crippen LogP contribution is -2.89. The second kappa shape index (κ2) is 31.3. The molecule has 0 unspecified atom stereocenters. The number of aliphatic hydroxyl groups is 7. The monoisotopic (exact) mass is 1580 g/mol. The summed E-state index contributed by atoms with van der Waals surface area (Å²) in [6, 6.07) is -2.89. The molecule has 592 valence electrons. The number of carbonyl (C=O) groups is 10. The minimum absolute atomic E-state index is 0.0258. The Hall–Kier alpha value is -15.2. The van der Waals surface area contributed by atoms with E-state index in [0.29, 0.717) is 0 Å². The molecule has 8 aromatic rings. The molecule has 0 heterocycles. The van der Waals surface area contributed by atoms with Crippen LogP contribution in [0.2, 0.25) is 0 Å². The molecule has 0 aliphatic heterocycles. The van der Waals surface area contributed by atoms with Crippen LogP contribution in [-0.2, 0) is 23.8 Å². The van der Waals surface area contributed by atoms with Crippen LogP contribution >= 0.6 is 0 Å². The van der Waals surface area contributed by atoms with Crippen LogP contribution in [0.25, 0.3) is 0 Å². The number of phenolic OH excluding ortho intramolecular Hbond substituents is 24. The number of ketones is 6. The predicted octanol–water partition coefficient (Wildman–Crippen LogP) is -1.96. The minimum Gasteiger partial charge on any atom is -0.504 e. The second-order valence-electron chi connectivity index (χ2n) is 23.5. The molecule has 112 heavy (non-hydrogen) atoms. The van der Waals surface area contributed by atoms with Crippen molar-refractivity contribution in [2.75, 3.05) is 13.2 Å². The number of ether oxygens (including phenoxy) is 3. The van der Waals surface area contributed by atoms with Crippen molar-refractivity contribution in [2.45, 2.75) is 46.8 Å². The first kappa shape index (κ1) is 84.0. The van der Waals surface area contributed by atoms with Crippen LogP contribution in [0.1, 0.15) is 82.9 Å². The van der Waals surface area contributed by atoms with Crippen molar-refractivity contribution in [3.63, 3.8) is 0 Å². The Morgan fingerprint density at radius 1 is 0.304 bits per heavy atom. The molecule has 0 amide bonds. The van der Waals surface area contributed by atoms with Crippen LogP contribution in [0, 0.1) is 0 Å². The molecule has 0 bridgehead atoms. The summed E-state index contributed by atoms with van der Waals surface area (Å²) in [5.41, 5.74) is -40.7. The fourth-order valence-corrected chi connectivity index (χ4v) is 10.7. The van der Waals surface area contributed by atoms with Crippen LogP contribution in [0.4, 0.5) is 0 Å². The maximum absolute atomic E-state index is 17.7. The molecule has 0 fully saturated rings. The van der Waals surface area contributed by atoms with E-state index in [-0.39, 0.29) is 103 Å². The Bertz CT molecular complexity index is 5050. The predicted molar refractivity (Wildman–Crippen MR) is 352 cm³/mol. The zero-order valence-electron chi connectivity index (χ0n) is 55.2. The summed E-state index contributed by atoms with van der Waals surface area (Å²) in [6.07, 6.45) is -6.84. The fraction of sp³-hybridized carbons (Fsp3) is 0.147. The van der Waals surface area contributed by atoms with Gasteiger partial charge in [0.1, 0.15) is 24.4 Å². The van der Waals surface area contributed by atoms with Crippen LogP contribution in [-0.4, -0.2) is 277 Å². The topological polar surface area (TPSA) is 826 Å². The standard InChI is InChI=1S/C62H44O38.C6H12O6/c63-17-59(97,51(89)19-3-28(66)44(82)29(67)4-19)61(53(91)21-7-32(70)46(84)33(71)8-21,99-57(95)24-13-38(76)49(87)39(77)14-24)62(54(92)22-9-34(72)47(85)35(73)10-22,100-58(96)25-15-40(78)50(88)41(79)16-25)60(52(90)20-5-30(68)45(83)31(69)6-20,98-56(94)23-11-36(74)48(86)37(75)12-23)55(93)42(80)18-1-26(64)43(81)27(65)2-18;7-1-3(9)5(11)6(12)4(10)2-8/h1-16,63-79,81-88,97H,17H2;1,3-6,8-12H,2H2/t59-,60-,61+,62+;3-,4+,5+,6+/m00/s1. The minimum atomic E-state index is -6.56. The van der Waals surface area contributed by atoms with E-state index in [1.54, 1.807) is 0 Å². The van der Waals surface area contributed by atoms with Gasteiger partial charge in [-0.15, -0.1) is 0 Å². The highest BCUT2D eigenvalue weighted by Gasteiger charge is 2.89. The molecule has 0 radical (unpaired) electrons. The number of rotatable bonds is 26. The molecule has 0 aromatic heterocycles. The number of esters is 3. The molecular weight excluding hydrogens is 1520 g/mol. The zero-order chi connectivity index (χ0) is 84.5. The van der Waals surface area contributed by atoms with Crippen molar-refractivity contribution in [1.82, 2.24) is 0 Å². The number of hydrogen-bond donors (Lipinski definition) is 31. The molecule has 8 atom stereocenters. The van der Waals surface area contributed by atoms with Gasteiger partial charge in [-0.05, 0) is 97.1 Å². The van der Waals surface area contributed by atoms with Gasteiger partial charge in [-0.25, -0.2) is 14.4 Å². The van der Waals surface area contributed by atoms with Gasteiger partial charge in [0.15, 0.2) is 144 Å². The Labute approximate surface area is 617 Å². The van der Waals surface area contributed by atoms with E-state index in [9.17, 15) is 138 Å². The van der Waals surface area contributed by atoms with Crippen molar-refractivity contribution < 1.29 is 220 Å². The molecule has 44 nitrogen and oxygen atoms in total. The van der Waals surface area contributed by atoms with Gasteiger partial charge in [0.05, 0.1) is 29.9 Å². The van der Waals surface area contributed by atoms with E-state index >= 15 is 43.2 Å². The molecule has 8 rings (SSSR count). The van der Waals surface area contributed by atoms with Crippen LogP contribution in [0.15, 0.2) is 97.1 Å². The number of benzene rings is 8. The van der Waals surface area contributed by atoms with Crippen molar-refractivity contribution in [2.24, 2.45) is 0 Å². The average molecular weight is 1580 g/mol. The van der Waals surface area contributed by atoms with Gasteiger partial charge >= 0.3 is 17.9 Å². The van der Waals surface area contributed by atoms with Gasteiger partial charge in [-0.2, -0.15) is 0 Å². The number of carbonyl (C=O) groups excluding carboxylic acids is 10. The van der Waals surface area contributed by atoms with Crippen molar-refractivity contribution in [1.29, 1.82) is 0 Å². The molecule has 0 saturated carbocycles. The van der Waals surface area contributed by atoms with E-state index in [1.165, 1.54) is 0 Å². The average Bonchev–Trinajstić information content (AvgIpc) is 0.658. The van der Waals surface area contributed by atoms with Gasteiger partial charge in [-0.1, -0.05) is 0 Å². The largest absolute Gasteiger partial charge is 0.504 e. The Morgan fingerprint density at radius 2 is 0.527 bits per heavy atom. The highest BCUT2D eigenvalue weighted by atomic mass is 16.7. The third-order valence-electron chi connectivity index (χ3n) is 16.4. The van der Waals surface area contributed by atoms with Gasteiger partial charge in [-0.3, -0.25) is 28.8 Å². The number of aliphatic hydroxyl groups excluding tert-OH is 6. The van der Waals surface area contributed by atoms with E-state index in [4.69, 9.17) is 39.7 Å². The number of hydrogen-bond acceptors (Lipinski definition) is 44. The van der Waals surface area contributed by atoms with Gasteiger partial charge in [0.25, 0.3) is 22.6 Å². The molecule has 0 saturated heterocycles. The van der Waals surface area contributed by atoms with Crippen LogP contribution in [0.3, 0.4) is 0 Å². The first-order valence-electron chi connectivity index (χ1n) is 30.1. The first-order chi connectivity index (χ1) is 52.0. The quantitative estimate of drug-likeness (QED) is 0.00532. The maximum atomic E-state index is 17.7. The maximum Gasteiger partial charge on any atom is 0.340 e. The van der Waals surface area contributed by atoms with E-state index < -0.39 is 295 Å². The lowest BCUT2D eigenvalue weighted by molar-refractivity contribution is -0.230. The number of Topliss-reactive ketones (excluding diaryl/α,β-unsaturated/α-hetero) is 6. The molecule has 0 spiro atoms. The van der Waals surface area contributed by atoms with Crippen molar-refractivity contribution in [3.8, 4) is 138 Å². The van der Waals surface area contributed by atoms with Crippen molar-refractivity contribution in [3.05, 3.63) is 142 Å². The third kappa shape index (κ3) is 14.5. The Balaban J connectivity index is 0.00000133. The van der Waals surface area contributed by atoms with E-state index in [2.05, 4.69) is 0 Å². The number of phenols is 24. The third-order valence-corrected chi connectivity index (χ3v) is 16.4. The molecule has 0 aliphatic carbocycles. The Kier molecular flexibility index (Phi) is 23.5. The summed E-state index contributed by atoms with van der Waals surface area (Å²) in [6.45, 7) is -3.96. The van der Waals surface area contributed by atoms with Crippen LogP contribution < -0.4 is 0 Å². The summed E-state index contributed by atoms with van der Waals surface area (Å²) in [5.74, 6) is -71.7. The van der Waals surface area contributed by atoms with E-state index in [1.807, 2.05) is 0 Å². The second-order valence-corrected chi connectivity index (χ2v) is 23.5. The summed E-state index contributed by atoms with van der Waals surface area (Å²) in [4.78, 5) is 160. The highest BCUT2D eigenvalue weighted by Crippen LogP contribution is 2.58. The summed E-state index contributed by atoms with van der Waals surface area (Å²) in [5, 5.41) is 332. The SMILES string of the molecule is O=C(O[C@](C(=O)C(=O)c1cc(O)c(O)c(O)c1)(C(=O)c1cc(O)c(O)c(O)c1)[C@](OC(=O)c1cc(O)c(O)c(O)c1)(C(=O)c1cc(O)c(O)c(O)c1)[C@@](OC(=O)c1cc(O)c(O)c(O)c1)(C(=O)c1cc(O)c(O)c(O)c1)[C@](O)(CO)C(=O)c1cc(O)c(O)c(O)c1)c1cc(O)c(O)c(O)c1.O=C[C@H](O)[C@@H](O)[C@H](O)[C@H](O)CO. The normalized spacial score (nSPS) is 14.4. The van der Waals surface area contributed by atoms with Crippen molar-refractivity contribution >= 4 is 58.9 Å². The smallest absolute Gasteiger partial charge is 0.340 e. The van der Waals surface area contributed by atoms with E-state index in [0.717, 1.165) is 0 Å². The zero-order valence-corrected chi connectivity index (χ0v) is 55.2. The van der Waals surface area contributed by atoms with Crippen LogP contribution in [0.5, 0.6) is 138 Å². The molecule has 31 N–H and O–H groups in total. The summed E-state index contributed by atoms with van der Waals surface area (Å²) in [7, 11) is 0. The number of aromatic hydroxyl groups is 24. The molecule has 0 aliphatic rings.